The summed E-state index contributed by atoms with van der Waals surface area (Å²) in [6.45, 7) is 13.5. The lowest BCUT2D eigenvalue weighted by atomic mass is 9.85. The number of ether oxygens (including phenoxy) is 2. The van der Waals surface area contributed by atoms with E-state index >= 15 is 0 Å². The van der Waals surface area contributed by atoms with Gasteiger partial charge in [-0.15, -0.1) is 0 Å². The second-order valence-corrected chi connectivity index (χ2v) is 12.9. The van der Waals surface area contributed by atoms with Crippen LogP contribution in [0.2, 0.25) is 0 Å². The predicted molar refractivity (Wildman–Crippen MR) is 167 cm³/mol. The molecule has 0 radical (unpaired) electrons. The fraction of sp³-hybridized carbons (Fsp3) is 0.500. The van der Waals surface area contributed by atoms with Crippen LogP contribution in [0.5, 0.6) is 0 Å². The molecule has 3 atom stereocenters. The summed E-state index contributed by atoms with van der Waals surface area (Å²) in [6, 6.07) is 12.3. The van der Waals surface area contributed by atoms with E-state index in [1.54, 1.807) is 4.90 Å². The predicted octanol–water partition coefficient (Wildman–Crippen LogP) is 4.82. The molecule has 11 nitrogen and oxygen atoms in total. The first kappa shape index (κ1) is 27.8. The van der Waals surface area contributed by atoms with E-state index < -0.39 is 0 Å². The number of hydrogen-bond acceptors (Lipinski definition) is 10. The Bertz CT molecular complexity index is 1540. The van der Waals surface area contributed by atoms with Crippen LogP contribution in [0.25, 0.3) is 0 Å². The van der Waals surface area contributed by atoms with Gasteiger partial charge in [0.1, 0.15) is 24.1 Å². The topological polar surface area (TPSA) is 99.2 Å². The number of piperazine rings is 1. The molecule has 0 spiro atoms. The van der Waals surface area contributed by atoms with Crippen LogP contribution in [0.15, 0.2) is 42.6 Å². The van der Waals surface area contributed by atoms with Gasteiger partial charge in [0.15, 0.2) is 0 Å². The van der Waals surface area contributed by atoms with Crippen LogP contribution in [0.4, 0.5) is 39.6 Å². The van der Waals surface area contributed by atoms with Gasteiger partial charge in [0.25, 0.3) is 0 Å². The Morgan fingerprint density at radius 2 is 1.77 bits per heavy atom. The molecular formula is C32H40N8O3. The second-order valence-electron chi connectivity index (χ2n) is 12.9. The highest BCUT2D eigenvalue weighted by Crippen LogP contribution is 2.49. The minimum absolute atomic E-state index is 0.0832. The number of anilines is 6. The number of aryl methyl sites for hydroxylation is 1. The van der Waals surface area contributed by atoms with Gasteiger partial charge >= 0.3 is 6.09 Å². The molecule has 4 aliphatic heterocycles. The lowest BCUT2D eigenvalue weighted by Gasteiger charge is -2.41. The number of rotatable bonds is 5. The van der Waals surface area contributed by atoms with E-state index in [1.807, 2.05) is 31.3 Å². The zero-order chi connectivity index (χ0) is 29.9. The zero-order valence-electron chi connectivity index (χ0n) is 25.6. The number of aromatic nitrogens is 3. The Balaban J connectivity index is 1.21. The van der Waals surface area contributed by atoms with Crippen molar-refractivity contribution in [1.82, 2.24) is 19.9 Å². The van der Waals surface area contributed by atoms with Crippen LogP contribution in [0.1, 0.15) is 44.2 Å². The van der Waals surface area contributed by atoms with Gasteiger partial charge in [0, 0.05) is 61.3 Å². The molecule has 0 aliphatic carbocycles. The molecule has 43 heavy (non-hydrogen) atoms. The number of likely N-dealkylation sites (N-methyl/N-ethyl adjacent to an activating group) is 1. The van der Waals surface area contributed by atoms with Crippen LogP contribution < -0.4 is 20.0 Å². The Morgan fingerprint density at radius 3 is 2.49 bits per heavy atom. The van der Waals surface area contributed by atoms with E-state index in [2.05, 4.69) is 66.0 Å². The number of pyridine rings is 1. The van der Waals surface area contributed by atoms with E-state index in [0.717, 1.165) is 55.5 Å². The number of nitrogens with zero attached hydrogens (tertiary/aromatic N) is 7. The number of cyclic esters (lactones) is 1. The van der Waals surface area contributed by atoms with Gasteiger partial charge in [0.2, 0.25) is 5.95 Å². The molecular weight excluding hydrogens is 544 g/mol. The normalized spacial score (nSPS) is 25.0. The Labute approximate surface area is 252 Å². The van der Waals surface area contributed by atoms with E-state index in [1.165, 1.54) is 11.3 Å². The molecule has 11 heteroatoms. The largest absolute Gasteiger partial charge is 0.447 e. The second kappa shape index (κ2) is 10.6. The van der Waals surface area contributed by atoms with Crippen molar-refractivity contribution >= 4 is 40.9 Å². The fourth-order valence-corrected chi connectivity index (χ4v) is 6.81. The van der Waals surface area contributed by atoms with Crippen molar-refractivity contribution in [3.05, 3.63) is 53.7 Å². The number of fused-ring (bicyclic) bond motifs is 3. The summed E-state index contributed by atoms with van der Waals surface area (Å²) in [4.78, 5) is 35.9. The van der Waals surface area contributed by atoms with Gasteiger partial charge in [-0.25, -0.2) is 14.8 Å². The van der Waals surface area contributed by atoms with Crippen molar-refractivity contribution in [3.8, 4) is 0 Å². The molecule has 3 fully saturated rings. The molecule has 226 valence electrons. The van der Waals surface area contributed by atoms with E-state index in [0.29, 0.717) is 25.0 Å². The molecule has 1 amide bonds. The average molecular weight is 585 g/mol. The summed E-state index contributed by atoms with van der Waals surface area (Å²) < 4.78 is 11.5. The highest BCUT2D eigenvalue weighted by molar-refractivity contribution is 5.89. The SMILES string of the molecule is Cc1cc(Nc2ncc3c(n2)N(c2cccc(N4C(=O)OC[C@@H]4C)n2)[C@@H]2CC(C)(C)OCC32)ccc1N1CCN(C)CC1. The highest BCUT2D eigenvalue weighted by Gasteiger charge is 2.48. The van der Waals surface area contributed by atoms with Crippen LogP contribution in [0, 0.1) is 6.92 Å². The summed E-state index contributed by atoms with van der Waals surface area (Å²) in [5, 5.41) is 3.45. The van der Waals surface area contributed by atoms with Crippen LogP contribution in [-0.2, 0) is 9.47 Å². The fourth-order valence-electron chi connectivity index (χ4n) is 6.81. The first-order chi connectivity index (χ1) is 20.7. The third-order valence-corrected chi connectivity index (χ3v) is 9.17. The quantitative estimate of drug-likeness (QED) is 0.449. The van der Waals surface area contributed by atoms with Crippen molar-refractivity contribution < 1.29 is 14.3 Å². The van der Waals surface area contributed by atoms with Crippen molar-refractivity contribution in [1.29, 1.82) is 0 Å². The lowest BCUT2D eigenvalue weighted by molar-refractivity contribution is -0.0657. The molecule has 3 aromatic rings. The maximum atomic E-state index is 12.5. The van der Waals surface area contributed by atoms with E-state index in [9.17, 15) is 4.79 Å². The van der Waals surface area contributed by atoms with Gasteiger partial charge < -0.3 is 29.5 Å². The minimum Gasteiger partial charge on any atom is -0.447 e. The average Bonchev–Trinajstić information content (AvgIpc) is 3.48. The van der Waals surface area contributed by atoms with Crippen molar-refractivity contribution in [3.63, 3.8) is 0 Å². The third kappa shape index (κ3) is 5.14. The van der Waals surface area contributed by atoms with Gasteiger partial charge in [-0.1, -0.05) is 6.07 Å². The van der Waals surface area contributed by atoms with Gasteiger partial charge in [-0.2, -0.15) is 4.98 Å². The molecule has 4 aliphatic rings. The molecule has 6 heterocycles. The Kier molecular flexibility index (Phi) is 6.89. The lowest BCUT2D eigenvalue weighted by Crippen LogP contribution is -2.45. The molecule has 1 aromatic carbocycles. The van der Waals surface area contributed by atoms with Gasteiger partial charge in [-0.05, 0) is 77.1 Å². The monoisotopic (exact) mass is 584 g/mol. The minimum atomic E-state index is -0.369. The van der Waals surface area contributed by atoms with Gasteiger partial charge in [-0.3, -0.25) is 4.90 Å². The standard InChI is InChI=1S/C32H40N8O3/c1-20-15-22(9-10-25(20)38-13-11-37(5)12-14-38)34-30-33-17-23-24-19-43-32(3,4)16-26(24)40(29(23)36-30)28-8-6-7-27(35-28)39-21(2)18-42-31(39)41/h6-10,15,17,21,24,26H,11-14,16,18-19H2,1-5H3,(H,33,34,36)/t21-,24?,26+/m0/s1. The Morgan fingerprint density at radius 1 is 1.00 bits per heavy atom. The molecule has 3 saturated heterocycles. The number of benzene rings is 1. The molecule has 1 N–H and O–H groups in total. The molecule has 7 rings (SSSR count). The van der Waals surface area contributed by atoms with Crippen molar-refractivity contribution in [2.45, 2.75) is 57.7 Å². The number of amides is 1. The number of nitrogens with one attached hydrogen (secondary N) is 1. The molecule has 1 unspecified atom stereocenters. The zero-order valence-corrected chi connectivity index (χ0v) is 25.6. The summed E-state index contributed by atoms with van der Waals surface area (Å²) in [6.07, 6.45) is 2.36. The molecule has 2 aromatic heterocycles. The number of carbonyl (C=O) groups excluding carboxylic acids is 1. The molecule has 0 saturated carbocycles. The summed E-state index contributed by atoms with van der Waals surface area (Å²) >= 11 is 0. The highest BCUT2D eigenvalue weighted by atomic mass is 16.6. The maximum Gasteiger partial charge on any atom is 0.415 e. The first-order valence-corrected chi connectivity index (χ1v) is 15.2. The van der Waals surface area contributed by atoms with Gasteiger partial charge in [0.05, 0.1) is 18.2 Å². The Hall–Kier alpha value is -3.96. The summed E-state index contributed by atoms with van der Waals surface area (Å²) in [5.41, 5.74) is 4.20. The smallest absolute Gasteiger partial charge is 0.415 e. The summed E-state index contributed by atoms with van der Waals surface area (Å²) in [7, 11) is 2.18. The van der Waals surface area contributed by atoms with Crippen LogP contribution in [-0.4, -0.2) is 90.1 Å². The van der Waals surface area contributed by atoms with Crippen molar-refractivity contribution in [2.75, 3.05) is 66.5 Å². The third-order valence-electron chi connectivity index (χ3n) is 9.17. The van der Waals surface area contributed by atoms with E-state index in [-0.39, 0.29) is 29.7 Å². The van der Waals surface area contributed by atoms with Crippen molar-refractivity contribution in [2.24, 2.45) is 0 Å². The van der Waals surface area contributed by atoms with Crippen LogP contribution >= 0.6 is 0 Å². The van der Waals surface area contributed by atoms with E-state index in [4.69, 9.17) is 24.4 Å². The first-order valence-electron chi connectivity index (χ1n) is 15.2. The number of carbonyl (C=O) groups is 1. The number of hydrogen-bond donors (Lipinski definition) is 1. The molecule has 0 bridgehead atoms. The van der Waals surface area contributed by atoms with Crippen LogP contribution in [0.3, 0.4) is 0 Å². The maximum absolute atomic E-state index is 12.5. The summed E-state index contributed by atoms with van der Waals surface area (Å²) in [5.74, 6) is 2.78.